The molecule has 0 aromatic heterocycles. The van der Waals surface area contributed by atoms with Crippen molar-refractivity contribution in [3.63, 3.8) is 0 Å². The van der Waals surface area contributed by atoms with E-state index < -0.39 is 70.9 Å². The molecule has 77 heavy (non-hydrogen) atoms. The van der Waals surface area contributed by atoms with Gasteiger partial charge in [0.2, 0.25) is 29.5 Å². The highest BCUT2D eigenvalue weighted by Gasteiger charge is 2.64. The number of alkyl carbamates (subject to hydrolysis) is 1. The number of hydrogen-bond donors (Lipinski definition) is 3. The topological polar surface area (TPSA) is 258 Å². The summed E-state index contributed by atoms with van der Waals surface area (Å²) in [6.45, 7) is 9.56. The van der Waals surface area contributed by atoms with Gasteiger partial charge in [-0.1, -0.05) is 42.3 Å². The Morgan fingerprint density at radius 1 is 1.05 bits per heavy atom. The SMILES string of the molecule is COc1cc2cc(c1Cl)N(C)C(=O)CC[C@H](OC(=O)[C@H](C)N(C)C(=O)CCS[C@H]1CC(=O)N(CC3CCC(C(=O)NCCOCCOC(C)=O)CC3)C1=O)[C@]1(C)O[C@H]1[C@H](C)[C@@H]1C[C@@](O)(NC(=O)O1)[C@H](OC)/C=C/C=C(\C)C2. The molecule has 4 aliphatic heterocycles. The molecule has 0 radical (unpaired) electrons. The molecule has 4 heterocycles. The lowest BCUT2D eigenvalue weighted by atomic mass is 9.81. The zero-order valence-corrected chi connectivity index (χ0v) is 47.2. The number of nitrogens with zero attached hydrogens (tertiary/aromatic N) is 3. The molecule has 0 spiro atoms. The van der Waals surface area contributed by atoms with E-state index in [4.69, 9.17) is 44.8 Å². The summed E-state index contributed by atoms with van der Waals surface area (Å²) < 4.78 is 39.7. The van der Waals surface area contributed by atoms with Crippen LogP contribution >= 0.6 is 23.4 Å². The molecule has 9 atom stereocenters. The zero-order valence-electron chi connectivity index (χ0n) is 45.6. The van der Waals surface area contributed by atoms with Crippen molar-refractivity contribution >= 4 is 76.6 Å². The van der Waals surface area contributed by atoms with Crippen LogP contribution in [-0.4, -0.2) is 176 Å². The summed E-state index contributed by atoms with van der Waals surface area (Å²) in [6.07, 6.45) is 3.58. The van der Waals surface area contributed by atoms with Crippen molar-refractivity contribution in [2.75, 3.05) is 71.9 Å². The minimum absolute atomic E-state index is 0.00790. The predicted molar refractivity (Wildman–Crippen MR) is 284 cm³/mol. The molecular weight excluding hydrogens is 1040 g/mol. The number of esters is 2. The average Bonchev–Trinajstić information content (AvgIpc) is 4.07. The number of allylic oxidation sites excluding steroid dienone is 3. The molecule has 23 heteroatoms. The van der Waals surface area contributed by atoms with Crippen molar-refractivity contribution < 1.29 is 76.6 Å². The Kier molecular flexibility index (Phi) is 21.4. The third kappa shape index (κ3) is 15.5. The Bertz CT molecular complexity index is 2420. The Morgan fingerprint density at radius 3 is 2.47 bits per heavy atom. The van der Waals surface area contributed by atoms with Gasteiger partial charge in [-0.3, -0.25) is 39.0 Å². The average molecular weight is 1120 g/mol. The molecule has 1 aliphatic carbocycles. The first-order chi connectivity index (χ1) is 36.5. The van der Waals surface area contributed by atoms with Crippen molar-refractivity contribution in [3.8, 4) is 5.75 Å². The molecule has 1 aromatic rings. The number of carbonyl (C=O) groups excluding carboxylic acids is 8. The second-order valence-corrected chi connectivity index (χ2v) is 22.5. The van der Waals surface area contributed by atoms with Crippen LogP contribution in [0.3, 0.4) is 0 Å². The molecule has 426 valence electrons. The number of carbonyl (C=O) groups is 8. The van der Waals surface area contributed by atoms with Crippen molar-refractivity contribution in [1.82, 2.24) is 20.4 Å². The maximum absolute atomic E-state index is 14.1. The van der Waals surface area contributed by atoms with Gasteiger partial charge in [-0.15, -0.1) is 11.8 Å². The van der Waals surface area contributed by atoms with Crippen LogP contribution in [-0.2, 0) is 68.4 Å². The van der Waals surface area contributed by atoms with E-state index in [2.05, 4.69) is 10.6 Å². The van der Waals surface area contributed by atoms with Crippen molar-refractivity contribution in [2.24, 2.45) is 17.8 Å². The van der Waals surface area contributed by atoms with Gasteiger partial charge in [0.15, 0.2) is 5.72 Å². The van der Waals surface area contributed by atoms with Crippen molar-refractivity contribution in [3.05, 3.63) is 46.5 Å². The smallest absolute Gasteiger partial charge is 0.409 e. The highest BCUT2D eigenvalue weighted by Crippen LogP contribution is 2.49. The van der Waals surface area contributed by atoms with E-state index in [1.54, 1.807) is 45.2 Å². The molecule has 3 saturated heterocycles. The second-order valence-electron chi connectivity index (χ2n) is 20.9. The second kappa shape index (κ2) is 27.1. The van der Waals surface area contributed by atoms with Crippen LogP contribution in [0.5, 0.6) is 5.75 Å². The fourth-order valence-corrected chi connectivity index (χ4v) is 11.9. The van der Waals surface area contributed by atoms with E-state index in [0.29, 0.717) is 50.1 Å². The fourth-order valence-electron chi connectivity index (χ4n) is 10.5. The van der Waals surface area contributed by atoms with E-state index in [0.717, 1.165) is 11.1 Å². The summed E-state index contributed by atoms with van der Waals surface area (Å²) in [5.41, 5.74) is -0.964. The Morgan fingerprint density at radius 2 is 1.78 bits per heavy atom. The van der Waals surface area contributed by atoms with Gasteiger partial charge in [0.1, 0.15) is 47.3 Å². The van der Waals surface area contributed by atoms with Crippen LogP contribution in [0.1, 0.15) is 98.0 Å². The van der Waals surface area contributed by atoms with Crippen LogP contribution in [0, 0.1) is 17.8 Å². The van der Waals surface area contributed by atoms with E-state index in [-0.39, 0.29) is 111 Å². The van der Waals surface area contributed by atoms with Gasteiger partial charge in [0, 0.05) is 84.5 Å². The van der Waals surface area contributed by atoms with Gasteiger partial charge in [0.25, 0.3) is 0 Å². The summed E-state index contributed by atoms with van der Waals surface area (Å²) in [5, 5.41) is 16.9. The minimum atomic E-state index is -1.87. The monoisotopic (exact) mass is 1120 g/mol. The Balaban J connectivity index is 1.05. The van der Waals surface area contributed by atoms with Gasteiger partial charge in [-0.25, -0.2) is 9.59 Å². The maximum Gasteiger partial charge on any atom is 0.409 e. The third-order valence-corrected chi connectivity index (χ3v) is 16.9. The first-order valence-electron chi connectivity index (χ1n) is 26.3. The number of anilines is 1. The Hall–Kier alpha value is -5.26. The number of hydrogen-bond acceptors (Lipinski definition) is 17. The third-order valence-electron chi connectivity index (χ3n) is 15.4. The normalized spacial score (nSPS) is 30.4. The number of nitrogens with one attached hydrogen (secondary N) is 2. The number of likely N-dealkylation sites (tertiary alicyclic amines) is 1. The summed E-state index contributed by atoms with van der Waals surface area (Å²) in [4.78, 5) is 109. The summed E-state index contributed by atoms with van der Waals surface area (Å²) in [6, 6.07) is 2.49. The number of likely N-dealkylation sites (N-methyl/N-ethyl adjacent to an activating group) is 1. The van der Waals surface area contributed by atoms with E-state index in [1.165, 1.54) is 61.6 Å². The van der Waals surface area contributed by atoms with Gasteiger partial charge in [0.05, 0.1) is 37.4 Å². The molecule has 5 aliphatic rings. The van der Waals surface area contributed by atoms with Gasteiger partial charge >= 0.3 is 18.0 Å². The number of rotatable bonds is 18. The molecule has 6 amide bonds. The molecular formula is C54H76ClN5O16S. The maximum atomic E-state index is 14.1. The number of halogens is 1. The number of aliphatic hydroxyl groups is 1. The Labute approximate surface area is 459 Å². The van der Waals surface area contributed by atoms with Crippen LogP contribution in [0.2, 0.25) is 5.02 Å². The molecule has 4 fully saturated rings. The number of epoxide rings is 1. The molecule has 0 unspecified atom stereocenters. The summed E-state index contributed by atoms with van der Waals surface area (Å²) in [7, 11) is 5.97. The highest BCUT2D eigenvalue weighted by molar-refractivity contribution is 8.00. The molecule has 3 N–H and O–H groups in total. The zero-order chi connectivity index (χ0) is 56.4. The van der Waals surface area contributed by atoms with Crippen LogP contribution < -0.4 is 20.3 Å². The minimum Gasteiger partial charge on any atom is -0.495 e. The number of ether oxygens (including phenoxy) is 7. The number of methoxy groups -OCH3 is 2. The number of benzene rings is 1. The molecule has 6 rings (SSSR count). The van der Waals surface area contributed by atoms with Crippen LogP contribution in [0.25, 0.3) is 0 Å². The van der Waals surface area contributed by atoms with Crippen LogP contribution in [0.15, 0.2) is 35.9 Å². The van der Waals surface area contributed by atoms with E-state index in [1.807, 2.05) is 13.0 Å². The van der Waals surface area contributed by atoms with Crippen molar-refractivity contribution in [2.45, 2.75) is 146 Å². The summed E-state index contributed by atoms with van der Waals surface area (Å²) >= 11 is 8.01. The van der Waals surface area contributed by atoms with E-state index >= 15 is 0 Å². The summed E-state index contributed by atoms with van der Waals surface area (Å²) in [5.74, 6) is -2.66. The number of imide groups is 1. The number of fused-ring (bicyclic) bond motifs is 5. The predicted octanol–water partition coefficient (Wildman–Crippen LogP) is 4.66. The lowest BCUT2D eigenvalue weighted by Crippen LogP contribution is -2.63. The van der Waals surface area contributed by atoms with Gasteiger partial charge < -0.3 is 53.4 Å². The lowest BCUT2D eigenvalue weighted by Gasteiger charge is -2.42. The van der Waals surface area contributed by atoms with Gasteiger partial charge in [-0.2, -0.15) is 0 Å². The molecule has 4 bridgehead atoms. The largest absolute Gasteiger partial charge is 0.495 e. The van der Waals surface area contributed by atoms with Gasteiger partial charge in [-0.05, 0) is 82.9 Å². The quantitative estimate of drug-likeness (QED) is 0.0594. The van der Waals surface area contributed by atoms with Crippen LogP contribution in [0.4, 0.5) is 10.5 Å². The van der Waals surface area contributed by atoms with Crippen molar-refractivity contribution in [1.29, 1.82) is 0 Å². The fraction of sp³-hybridized carbons (Fsp3) is 0.667. The first kappa shape index (κ1) is 61.0. The van der Waals surface area contributed by atoms with E-state index in [9.17, 15) is 43.5 Å². The number of thioether (sulfide) groups is 1. The molecule has 1 saturated carbocycles. The molecule has 21 nitrogen and oxygen atoms in total. The lowest BCUT2D eigenvalue weighted by molar-refractivity contribution is -0.161. The highest BCUT2D eigenvalue weighted by atomic mass is 35.5. The first-order valence-corrected chi connectivity index (χ1v) is 27.7. The molecule has 1 aromatic carbocycles. The number of amides is 6. The standard InChI is InChI=1S/C54H76ClN5O16S/c1-31-11-10-12-43(71-9)54(69)29-40(74-52(68)57-54)32(2)48-53(5,76-48)42(17-18-44(62)59(7)38-26-36(25-31)27-39(70-8)47(38)55)75-51(67)33(3)58(6)45(63)19-24-77-41-28-46(64)60(50(41)66)30-35-13-15-37(16-14-35)49(65)56-20-21-72-22-23-73-34(4)61/h10-12,26-27,32-33,35,37,40-43,48,69H,13-25,28-30H2,1-9H3,(H,56,65)(H,57,68)/b12-10+,31-11+/t32-,33+,35?,37?,40+,41+,42+,43-,48+,53+,54+/m1/s1.